The average Bonchev–Trinajstić information content (AvgIpc) is 2.20. The van der Waals surface area contributed by atoms with Crippen LogP contribution in [-0.2, 0) is 4.74 Å². The maximum Gasteiger partial charge on any atom is 0.109 e. The van der Waals surface area contributed by atoms with E-state index in [1.807, 2.05) is 0 Å². The molecule has 1 heterocycles. The van der Waals surface area contributed by atoms with Crippen LogP contribution >= 0.6 is 0 Å². The van der Waals surface area contributed by atoms with E-state index in [4.69, 9.17) is 4.74 Å². The molecule has 0 bridgehead atoms. The molecular weight excluding hydrogens is 164 g/mol. The van der Waals surface area contributed by atoms with E-state index in [9.17, 15) is 5.11 Å². The van der Waals surface area contributed by atoms with Crippen molar-refractivity contribution in [2.75, 3.05) is 13.2 Å². The normalized spacial score (nSPS) is 35.6. The molecule has 0 aromatic heterocycles. The first-order valence-electron chi connectivity index (χ1n) is 5.31. The van der Waals surface area contributed by atoms with Crippen LogP contribution in [0.5, 0.6) is 0 Å². The van der Waals surface area contributed by atoms with Gasteiger partial charge in [-0.1, -0.05) is 6.08 Å². The number of hydrogen-bond donors (Lipinski definition) is 1. The van der Waals surface area contributed by atoms with Crippen molar-refractivity contribution in [2.24, 2.45) is 0 Å². The Morgan fingerprint density at radius 1 is 1.31 bits per heavy atom. The molecule has 0 aromatic rings. The summed E-state index contributed by atoms with van der Waals surface area (Å²) in [4.78, 5) is 0. The first kappa shape index (κ1) is 9.22. The summed E-state index contributed by atoms with van der Waals surface area (Å²) in [5.74, 6) is 0. The molecular formula is C11H18O2. The van der Waals surface area contributed by atoms with Crippen LogP contribution in [0.3, 0.4) is 0 Å². The zero-order chi connectivity index (χ0) is 9.15. The third-order valence-corrected chi connectivity index (χ3v) is 3.11. The summed E-state index contributed by atoms with van der Waals surface area (Å²) >= 11 is 0. The van der Waals surface area contributed by atoms with Gasteiger partial charge in [0.15, 0.2) is 0 Å². The van der Waals surface area contributed by atoms with Crippen LogP contribution in [0.1, 0.15) is 38.5 Å². The van der Waals surface area contributed by atoms with Crippen LogP contribution in [0.25, 0.3) is 0 Å². The zero-order valence-corrected chi connectivity index (χ0v) is 8.09. The lowest BCUT2D eigenvalue weighted by atomic mass is 9.82. The van der Waals surface area contributed by atoms with Gasteiger partial charge in [0, 0.05) is 6.61 Å². The van der Waals surface area contributed by atoms with E-state index in [0.717, 1.165) is 32.3 Å². The molecule has 2 nitrogen and oxygen atoms in total. The fraction of sp³-hybridized carbons (Fsp3) is 0.818. The second kappa shape index (κ2) is 3.81. The molecule has 1 fully saturated rings. The minimum absolute atomic E-state index is 0.513. The highest BCUT2D eigenvalue weighted by atomic mass is 16.5. The topological polar surface area (TPSA) is 29.5 Å². The Hall–Kier alpha value is -0.340. The van der Waals surface area contributed by atoms with Crippen molar-refractivity contribution < 1.29 is 9.84 Å². The second-order valence-corrected chi connectivity index (χ2v) is 4.16. The van der Waals surface area contributed by atoms with Crippen molar-refractivity contribution in [1.82, 2.24) is 0 Å². The van der Waals surface area contributed by atoms with E-state index in [1.165, 1.54) is 18.4 Å². The Bertz CT molecular complexity index is 202. The molecule has 1 unspecified atom stereocenters. The van der Waals surface area contributed by atoms with Gasteiger partial charge in [0.2, 0.25) is 0 Å². The van der Waals surface area contributed by atoms with Gasteiger partial charge in [-0.2, -0.15) is 0 Å². The summed E-state index contributed by atoms with van der Waals surface area (Å²) in [6.45, 7) is 1.33. The Balaban J connectivity index is 2.07. The Morgan fingerprint density at radius 3 is 2.85 bits per heavy atom. The van der Waals surface area contributed by atoms with E-state index in [1.54, 1.807) is 0 Å². The highest BCUT2D eigenvalue weighted by Crippen LogP contribution is 2.33. The fourth-order valence-corrected chi connectivity index (χ4v) is 2.29. The molecule has 1 saturated heterocycles. The van der Waals surface area contributed by atoms with Gasteiger partial charge < -0.3 is 9.84 Å². The zero-order valence-electron chi connectivity index (χ0n) is 8.09. The highest BCUT2D eigenvalue weighted by molar-refractivity contribution is 5.19. The first-order valence-corrected chi connectivity index (χ1v) is 5.31. The van der Waals surface area contributed by atoms with Gasteiger partial charge in [-0.15, -0.1) is 0 Å². The summed E-state index contributed by atoms with van der Waals surface area (Å²) in [7, 11) is 0. The standard InChI is InChI=1S/C11H18O2/c12-11(7-4-8-13-9-11)10-5-2-1-3-6-10/h5,12H,1-4,6-9H2. The molecule has 1 N–H and O–H groups in total. The molecule has 1 atom stereocenters. The van der Waals surface area contributed by atoms with Gasteiger partial charge in [0.05, 0.1) is 6.61 Å². The molecule has 0 spiro atoms. The number of rotatable bonds is 1. The SMILES string of the molecule is OC1(C2=CCCCC2)CCCOC1. The van der Waals surface area contributed by atoms with Crippen LogP contribution in [-0.4, -0.2) is 23.9 Å². The third kappa shape index (κ3) is 1.94. The van der Waals surface area contributed by atoms with Gasteiger partial charge in [-0.3, -0.25) is 0 Å². The number of hydrogen-bond acceptors (Lipinski definition) is 2. The van der Waals surface area contributed by atoms with Crippen LogP contribution in [0.2, 0.25) is 0 Å². The lowest BCUT2D eigenvalue weighted by molar-refractivity contribution is -0.0637. The largest absolute Gasteiger partial charge is 0.383 e. The number of ether oxygens (including phenoxy) is 1. The van der Waals surface area contributed by atoms with Crippen LogP contribution in [0.15, 0.2) is 11.6 Å². The van der Waals surface area contributed by atoms with E-state index in [-0.39, 0.29) is 0 Å². The van der Waals surface area contributed by atoms with Crippen molar-refractivity contribution in [3.05, 3.63) is 11.6 Å². The lowest BCUT2D eigenvalue weighted by Crippen LogP contribution is -2.40. The molecule has 0 radical (unpaired) electrons. The van der Waals surface area contributed by atoms with Crippen molar-refractivity contribution in [1.29, 1.82) is 0 Å². The molecule has 0 aromatic carbocycles. The van der Waals surface area contributed by atoms with Crippen molar-refractivity contribution in [3.63, 3.8) is 0 Å². The van der Waals surface area contributed by atoms with Gasteiger partial charge >= 0.3 is 0 Å². The third-order valence-electron chi connectivity index (χ3n) is 3.11. The second-order valence-electron chi connectivity index (χ2n) is 4.16. The van der Waals surface area contributed by atoms with Gasteiger partial charge in [-0.05, 0) is 44.1 Å². The molecule has 0 saturated carbocycles. The van der Waals surface area contributed by atoms with Crippen LogP contribution in [0, 0.1) is 0 Å². The maximum absolute atomic E-state index is 10.3. The maximum atomic E-state index is 10.3. The molecule has 13 heavy (non-hydrogen) atoms. The quantitative estimate of drug-likeness (QED) is 0.629. The predicted molar refractivity (Wildman–Crippen MR) is 51.6 cm³/mol. The molecule has 2 heteroatoms. The predicted octanol–water partition coefficient (Wildman–Crippen LogP) is 2.03. The number of aliphatic hydroxyl groups is 1. The summed E-state index contributed by atoms with van der Waals surface area (Å²) in [6.07, 6.45) is 8.82. The average molecular weight is 182 g/mol. The van der Waals surface area contributed by atoms with Crippen molar-refractivity contribution in [2.45, 2.75) is 44.1 Å². The lowest BCUT2D eigenvalue weighted by Gasteiger charge is -2.35. The monoisotopic (exact) mass is 182 g/mol. The minimum Gasteiger partial charge on any atom is -0.383 e. The Morgan fingerprint density at radius 2 is 2.23 bits per heavy atom. The first-order chi connectivity index (χ1) is 6.31. The van der Waals surface area contributed by atoms with Gasteiger partial charge in [0.1, 0.15) is 5.60 Å². The highest BCUT2D eigenvalue weighted by Gasteiger charge is 2.34. The van der Waals surface area contributed by atoms with E-state index < -0.39 is 5.60 Å². The summed E-state index contributed by atoms with van der Waals surface area (Å²) in [5.41, 5.74) is 0.622. The Kier molecular flexibility index (Phi) is 2.70. The molecule has 74 valence electrons. The fourth-order valence-electron chi connectivity index (χ4n) is 2.29. The summed E-state index contributed by atoms with van der Waals surface area (Å²) in [5, 5.41) is 10.3. The van der Waals surface area contributed by atoms with Gasteiger partial charge in [0.25, 0.3) is 0 Å². The smallest absolute Gasteiger partial charge is 0.109 e. The molecule has 1 aliphatic carbocycles. The minimum atomic E-state index is -0.612. The van der Waals surface area contributed by atoms with E-state index >= 15 is 0 Å². The number of allylic oxidation sites excluding steroid dienone is 1. The van der Waals surface area contributed by atoms with Crippen molar-refractivity contribution in [3.8, 4) is 0 Å². The van der Waals surface area contributed by atoms with Crippen LogP contribution < -0.4 is 0 Å². The van der Waals surface area contributed by atoms with E-state index in [0.29, 0.717) is 6.61 Å². The molecule has 2 rings (SSSR count). The summed E-state index contributed by atoms with van der Waals surface area (Å²) in [6, 6.07) is 0. The van der Waals surface area contributed by atoms with Crippen LogP contribution in [0.4, 0.5) is 0 Å². The van der Waals surface area contributed by atoms with E-state index in [2.05, 4.69) is 6.08 Å². The van der Waals surface area contributed by atoms with Gasteiger partial charge in [-0.25, -0.2) is 0 Å². The van der Waals surface area contributed by atoms with Crippen molar-refractivity contribution >= 4 is 0 Å². The molecule has 0 amide bonds. The summed E-state index contributed by atoms with van der Waals surface area (Å²) < 4.78 is 5.35. The molecule has 2 aliphatic rings. The Labute approximate surface area is 79.6 Å². The molecule has 1 aliphatic heterocycles.